The molecule has 1 aromatic heterocycles. The molecule has 0 bridgehead atoms. The van der Waals surface area contributed by atoms with Crippen LogP contribution in [0, 0.1) is 12.8 Å². The molecule has 4 nitrogen and oxygen atoms in total. The van der Waals surface area contributed by atoms with E-state index in [9.17, 15) is 4.79 Å². The number of nitrogens with one attached hydrogen (secondary N) is 1. The van der Waals surface area contributed by atoms with E-state index in [0.29, 0.717) is 18.4 Å². The van der Waals surface area contributed by atoms with Gasteiger partial charge in [-0.05, 0) is 63.5 Å². The van der Waals surface area contributed by atoms with Gasteiger partial charge in [-0.25, -0.2) is 0 Å². The molecule has 0 aromatic carbocycles. The molecule has 124 valence electrons. The van der Waals surface area contributed by atoms with Crippen molar-refractivity contribution in [3.8, 4) is 5.75 Å². The van der Waals surface area contributed by atoms with Crippen LogP contribution in [0.25, 0.3) is 0 Å². The van der Waals surface area contributed by atoms with Crippen LogP contribution in [0.3, 0.4) is 0 Å². The van der Waals surface area contributed by atoms with E-state index in [4.69, 9.17) is 4.74 Å². The summed E-state index contributed by atoms with van der Waals surface area (Å²) < 4.78 is 6.06. The monoisotopic (exact) mass is 314 g/mol. The molecule has 1 heterocycles. The predicted octanol–water partition coefficient (Wildman–Crippen LogP) is 3.55. The number of hydrogen-bond acceptors (Lipinski definition) is 3. The van der Waals surface area contributed by atoms with Gasteiger partial charge < -0.3 is 10.1 Å². The van der Waals surface area contributed by atoms with Crippen LogP contribution in [0.4, 0.5) is 0 Å². The van der Waals surface area contributed by atoms with Gasteiger partial charge in [0.1, 0.15) is 5.75 Å². The Balaban J connectivity index is 1.40. The standard InChI is InChI=1S/C19H26N2O2/c1-14-18(7-4-12-20-14)23-17-10-8-16(9-11-17)21-19(22)13-15-5-2-3-6-15/h2,4-5,7,12,15-17H,3,6,8-11,13H2,1H3,(H,21,22). The number of ether oxygens (including phenoxy) is 1. The van der Waals surface area contributed by atoms with Crippen LogP contribution in [0.1, 0.15) is 50.6 Å². The molecule has 2 aliphatic carbocycles. The zero-order valence-corrected chi connectivity index (χ0v) is 13.8. The molecule has 1 amide bonds. The average Bonchev–Trinajstić information content (AvgIpc) is 3.04. The van der Waals surface area contributed by atoms with Gasteiger partial charge in [0.05, 0.1) is 11.8 Å². The summed E-state index contributed by atoms with van der Waals surface area (Å²) in [4.78, 5) is 16.4. The highest BCUT2D eigenvalue weighted by molar-refractivity contribution is 5.76. The molecule has 0 saturated heterocycles. The fraction of sp³-hybridized carbons (Fsp3) is 0.579. The highest BCUT2D eigenvalue weighted by atomic mass is 16.5. The summed E-state index contributed by atoms with van der Waals surface area (Å²) in [5.74, 6) is 1.53. The van der Waals surface area contributed by atoms with Crippen molar-refractivity contribution in [2.75, 3.05) is 0 Å². The third kappa shape index (κ3) is 4.57. The van der Waals surface area contributed by atoms with Crippen LogP contribution < -0.4 is 10.1 Å². The molecule has 0 spiro atoms. The number of hydrogen-bond donors (Lipinski definition) is 1. The Morgan fingerprint density at radius 2 is 2.13 bits per heavy atom. The maximum Gasteiger partial charge on any atom is 0.220 e. The number of rotatable bonds is 5. The van der Waals surface area contributed by atoms with Crippen LogP contribution in [0.15, 0.2) is 30.5 Å². The van der Waals surface area contributed by atoms with Gasteiger partial charge in [-0.1, -0.05) is 12.2 Å². The van der Waals surface area contributed by atoms with Crippen LogP contribution in [-0.4, -0.2) is 23.0 Å². The number of pyridine rings is 1. The minimum absolute atomic E-state index is 0.203. The SMILES string of the molecule is Cc1ncccc1OC1CCC(NC(=O)CC2C=CCC2)CC1. The fourth-order valence-corrected chi connectivity index (χ4v) is 3.49. The molecule has 1 unspecified atom stereocenters. The third-order valence-electron chi connectivity index (χ3n) is 4.85. The number of carbonyl (C=O) groups excluding carboxylic acids is 1. The summed E-state index contributed by atoms with van der Waals surface area (Å²) in [6.07, 6.45) is 13.2. The van der Waals surface area contributed by atoms with Gasteiger partial charge in [0.2, 0.25) is 5.91 Å². The molecule has 1 saturated carbocycles. The van der Waals surface area contributed by atoms with E-state index in [0.717, 1.165) is 50.0 Å². The van der Waals surface area contributed by atoms with Crippen molar-refractivity contribution in [1.29, 1.82) is 0 Å². The first kappa shape index (κ1) is 16.0. The Kier molecular flexibility index (Phi) is 5.31. The second-order valence-corrected chi connectivity index (χ2v) is 6.72. The zero-order chi connectivity index (χ0) is 16.1. The van der Waals surface area contributed by atoms with E-state index in [1.54, 1.807) is 6.20 Å². The Morgan fingerprint density at radius 1 is 1.30 bits per heavy atom. The lowest BCUT2D eigenvalue weighted by molar-refractivity contribution is -0.122. The van der Waals surface area contributed by atoms with Crippen molar-refractivity contribution in [3.63, 3.8) is 0 Å². The fourth-order valence-electron chi connectivity index (χ4n) is 3.49. The van der Waals surface area contributed by atoms with Gasteiger partial charge in [-0.15, -0.1) is 0 Å². The van der Waals surface area contributed by atoms with Crippen molar-refractivity contribution < 1.29 is 9.53 Å². The first-order valence-corrected chi connectivity index (χ1v) is 8.75. The smallest absolute Gasteiger partial charge is 0.220 e. The lowest BCUT2D eigenvalue weighted by Crippen LogP contribution is -2.40. The molecule has 1 N–H and O–H groups in total. The van der Waals surface area contributed by atoms with Crippen molar-refractivity contribution in [3.05, 3.63) is 36.2 Å². The summed E-state index contributed by atoms with van der Waals surface area (Å²) >= 11 is 0. The van der Waals surface area contributed by atoms with Crippen LogP contribution in [-0.2, 0) is 4.79 Å². The summed E-state index contributed by atoms with van der Waals surface area (Å²) in [6, 6.07) is 4.19. The minimum atomic E-state index is 0.203. The molecular formula is C19H26N2O2. The summed E-state index contributed by atoms with van der Waals surface area (Å²) in [5.41, 5.74) is 0.938. The quantitative estimate of drug-likeness (QED) is 0.846. The minimum Gasteiger partial charge on any atom is -0.489 e. The van der Waals surface area contributed by atoms with Crippen molar-refractivity contribution in [2.45, 2.75) is 64.0 Å². The maximum absolute atomic E-state index is 12.1. The topological polar surface area (TPSA) is 51.2 Å². The first-order valence-electron chi connectivity index (χ1n) is 8.75. The van der Waals surface area contributed by atoms with Crippen LogP contribution >= 0.6 is 0 Å². The largest absolute Gasteiger partial charge is 0.489 e. The summed E-state index contributed by atoms with van der Waals surface area (Å²) in [7, 11) is 0. The first-order chi connectivity index (χ1) is 11.2. The molecule has 0 radical (unpaired) electrons. The van der Waals surface area contributed by atoms with E-state index in [2.05, 4.69) is 22.5 Å². The van der Waals surface area contributed by atoms with Crippen molar-refractivity contribution >= 4 is 5.91 Å². The molecule has 2 aliphatic rings. The van der Waals surface area contributed by atoms with Crippen LogP contribution in [0.5, 0.6) is 5.75 Å². The number of allylic oxidation sites excluding steroid dienone is 2. The van der Waals surface area contributed by atoms with E-state index in [1.807, 2.05) is 19.1 Å². The Morgan fingerprint density at radius 3 is 2.83 bits per heavy atom. The maximum atomic E-state index is 12.1. The lowest BCUT2D eigenvalue weighted by Gasteiger charge is -2.30. The normalized spacial score (nSPS) is 26.9. The Labute approximate surface area is 138 Å². The van der Waals surface area contributed by atoms with Gasteiger partial charge in [0, 0.05) is 18.7 Å². The zero-order valence-electron chi connectivity index (χ0n) is 13.8. The number of amides is 1. The highest BCUT2D eigenvalue weighted by Gasteiger charge is 2.24. The predicted molar refractivity (Wildman–Crippen MR) is 90.3 cm³/mol. The molecule has 1 fully saturated rings. The molecule has 3 rings (SSSR count). The van der Waals surface area contributed by atoms with E-state index >= 15 is 0 Å². The molecule has 0 aliphatic heterocycles. The van der Waals surface area contributed by atoms with E-state index < -0.39 is 0 Å². The lowest BCUT2D eigenvalue weighted by atomic mass is 9.92. The van der Waals surface area contributed by atoms with Crippen molar-refractivity contribution in [1.82, 2.24) is 10.3 Å². The molecule has 23 heavy (non-hydrogen) atoms. The van der Waals surface area contributed by atoms with Crippen LogP contribution in [0.2, 0.25) is 0 Å². The molecular weight excluding hydrogens is 288 g/mol. The number of nitrogens with zero attached hydrogens (tertiary/aromatic N) is 1. The third-order valence-corrected chi connectivity index (χ3v) is 4.85. The Bertz CT molecular complexity index is 562. The molecule has 4 heteroatoms. The van der Waals surface area contributed by atoms with Gasteiger partial charge in [-0.2, -0.15) is 0 Å². The summed E-state index contributed by atoms with van der Waals surface area (Å²) in [5, 5.41) is 3.20. The molecule has 1 atom stereocenters. The highest BCUT2D eigenvalue weighted by Crippen LogP contribution is 2.26. The summed E-state index contributed by atoms with van der Waals surface area (Å²) in [6.45, 7) is 1.97. The Hall–Kier alpha value is -1.84. The number of carbonyl (C=O) groups is 1. The second kappa shape index (κ2) is 7.62. The van der Waals surface area contributed by atoms with Gasteiger partial charge in [0.15, 0.2) is 0 Å². The van der Waals surface area contributed by atoms with E-state index in [-0.39, 0.29) is 12.0 Å². The van der Waals surface area contributed by atoms with Crippen molar-refractivity contribution in [2.24, 2.45) is 5.92 Å². The molecule has 1 aromatic rings. The van der Waals surface area contributed by atoms with Gasteiger partial charge >= 0.3 is 0 Å². The number of aromatic nitrogens is 1. The van der Waals surface area contributed by atoms with Gasteiger partial charge in [-0.3, -0.25) is 9.78 Å². The second-order valence-electron chi connectivity index (χ2n) is 6.72. The number of aryl methyl sites for hydroxylation is 1. The average molecular weight is 314 g/mol. The van der Waals surface area contributed by atoms with E-state index in [1.165, 1.54) is 0 Å². The van der Waals surface area contributed by atoms with Gasteiger partial charge in [0.25, 0.3) is 0 Å².